The number of allylic oxidation sites excluding steroid dienone is 2. The summed E-state index contributed by atoms with van der Waals surface area (Å²) in [5.74, 6) is -1.21. The van der Waals surface area contributed by atoms with Gasteiger partial charge in [0.25, 0.3) is 0 Å². The van der Waals surface area contributed by atoms with Gasteiger partial charge in [-0.05, 0) is 37.1 Å². The number of para-hydroxylation sites is 2. The second-order valence-corrected chi connectivity index (χ2v) is 5.75. The number of nitrogens with zero attached hydrogens (tertiary/aromatic N) is 1. The van der Waals surface area contributed by atoms with Crippen molar-refractivity contribution in [3.63, 3.8) is 0 Å². The van der Waals surface area contributed by atoms with E-state index >= 15 is 0 Å². The largest absolute Gasteiger partial charge is 0.465 e. The van der Waals surface area contributed by atoms with Crippen LogP contribution >= 0.6 is 0 Å². The molecule has 0 spiro atoms. The van der Waals surface area contributed by atoms with Gasteiger partial charge in [0.1, 0.15) is 5.70 Å². The third kappa shape index (κ3) is 3.57. The third-order valence-corrected chi connectivity index (χ3v) is 3.99. The molecule has 1 aromatic rings. The lowest BCUT2D eigenvalue weighted by Crippen LogP contribution is -2.27. The number of methoxy groups -OCH3 is 2. The number of carbonyl (C=O) groups excluding carboxylic acids is 2. The zero-order valence-electron chi connectivity index (χ0n) is 14.2. The molecule has 130 valence electrons. The van der Waals surface area contributed by atoms with Gasteiger partial charge in [-0.2, -0.15) is 0 Å². The van der Waals surface area contributed by atoms with Crippen LogP contribution in [0.2, 0.25) is 0 Å². The van der Waals surface area contributed by atoms with Gasteiger partial charge in [-0.3, -0.25) is 0 Å². The van der Waals surface area contributed by atoms with Crippen molar-refractivity contribution in [1.82, 2.24) is 0 Å². The quantitative estimate of drug-likeness (QED) is 0.832. The minimum absolute atomic E-state index is 0.115. The highest BCUT2D eigenvalue weighted by Gasteiger charge is 2.29. The van der Waals surface area contributed by atoms with Crippen molar-refractivity contribution >= 4 is 23.3 Å². The second-order valence-electron chi connectivity index (χ2n) is 5.75. The number of ether oxygens (including phenoxy) is 2. The van der Waals surface area contributed by atoms with Crippen LogP contribution in [0.1, 0.15) is 12.8 Å². The molecule has 2 aliphatic rings. The Morgan fingerprint density at radius 3 is 2.48 bits per heavy atom. The standard InChI is InChI=1S/C19H20N2O4/c1-24-18(22)14-7-5-6-12-21(17(14)19(23)25-2)16-9-4-3-8-15(16)20-13-10-11-13/h3-9,12-13,20H,10-11H2,1-2H3. The fourth-order valence-electron chi connectivity index (χ4n) is 2.60. The van der Waals surface area contributed by atoms with Gasteiger partial charge < -0.3 is 19.7 Å². The van der Waals surface area contributed by atoms with Gasteiger partial charge in [-0.25, -0.2) is 9.59 Å². The molecule has 3 rings (SSSR count). The molecule has 6 nitrogen and oxygen atoms in total. The van der Waals surface area contributed by atoms with E-state index in [1.54, 1.807) is 29.3 Å². The molecule has 1 aliphatic carbocycles. The van der Waals surface area contributed by atoms with E-state index in [1.807, 2.05) is 24.3 Å². The SMILES string of the molecule is COC(=O)C1=C(C(=O)OC)N(c2ccccc2NC2CC2)C=CC=C1. The average molecular weight is 340 g/mol. The van der Waals surface area contributed by atoms with Crippen LogP contribution in [0.15, 0.2) is 60.0 Å². The highest BCUT2D eigenvalue weighted by atomic mass is 16.5. The highest BCUT2D eigenvalue weighted by Crippen LogP contribution is 2.35. The summed E-state index contributed by atoms with van der Waals surface area (Å²) in [6.07, 6.45) is 8.97. The summed E-state index contributed by atoms with van der Waals surface area (Å²) in [6, 6.07) is 8.09. The molecule has 6 heteroatoms. The number of hydrogen-bond donors (Lipinski definition) is 1. The highest BCUT2D eigenvalue weighted by molar-refractivity contribution is 6.06. The first-order chi connectivity index (χ1) is 12.2. The number of benzene rings is 1. The van der Waals surface area contributed by atoms with Crippen LogP contribution in [0, 0.1) is 0 Å². The van der Waals surface area contributed by atoms with Gasteiger partial charge in [0.05, 0.1) is 31.2 Å². The predicted octanol–water partition coefficient (Wildman–Crippen LogP) is 2.75. The van der Waals surface area contributed by atoms with E-state index in [9.17, 15) is 9.59 Å². The van der Waals surface area contributed by atoms with E-state index in [0.29, 0.717) is 6.04 Å². The van der Waals surface area contributed by atoms with Gasteiger partial charge in [0, 0.05) is 12.2 Å². The van der Waals surface area contributed by atoms with Crippen LogP contribution in [-0.2, 0) is 19.1 Å². The molecule has 1 heterocycles. The van der Waals surface area contributed by atoms with Crippen molar-refractivity contribution in [1.29, 1.82) is 0 Å². The van der Waals surface area contributed by atoms with Crippen LogP contribution in [-0.4, -0.2) is 32.2 Å². The molecular weight excluding hydrogens is 320 g/mol. The van der Waals surface area contributed by atoms with Crippen molar-refractivity contribution in [2.75, 3.05) is 24.4 Å². The summed E-state index contributed by atoms with van der Waals surface area (Å²) in [5.41, 5.74) is 1.91. The van der Waals surface area contributed by atoms with Crippen LogP contribution in [0.5, 0.6) is 0 Å². The predicted molar refractivity (Wildman–Crippen MR) is 94.9 cm³/mol. The molecule has 0 saturated heterocycles. The molecule has 0 atom stereocenters. The molecule has 1 aliphatic heterocycles. The van der Waals surface area contributed by atoms with Crippen molar-refractivity contribution < 1.29 is 19.1 Å². The molecule has 1 saturated carbocycles. The van der Waals surface area contributed by atoms with E-state index in [2.05, 4.69) is 5.32 Å². The smallest absolute Gasteiger partial charge is 0.355 e. The van der Waals surface area contributed by atoms with Gasteiger partial charge >= 0.3 is 11.9 Å². The van der Waals surface area contributed by atoms with E-state index in [4.69, 9.17) is 9.47 Å². The molecule has 25 heavy (non-hydrogen) atoms. The summed E-state index contributed by atoms with van der Waals surface area (Å²) in [7, 11) is 2.57. The normalized spacial score (nSPS) is 16.5. The average Bonchev–Trinajstić information content (AvgIpc) is 3.47. The van der Waals surface area contributed by atoms with E-state index in [0.717, 1.165) is 24.2 Å². The van der Waals surface area contributed by atoms with E-state index < -0.39 is 11.9 Å². The van der Waals surface area contributed by atoms with Crippen LogP contribution in [0.4, 0.5) is 11.4 Å². The maximum Gasteiger partial charge on any atom is 0.355 e. The maximum absolute atomic E-state index is 12.5. The molecule has 0 unspecified atom stereocenters. The van der Waals surface area contributed by atoms with Gasteiger partial charge in [0.2, 0.25) is 0 Å². The summed E-state index contributed by atoms with van der Waals surface area (Å²) in [4.78, 5) is 26.3. The Hall–Kier alpha value is -3.02. The topological polar surface area (TPSA) is 67.9 Å². The van der Waals surface area contributed by atoms with Crippen LogP contribution < -0.4 is 10.2 Å². The summed E-state index contributed by atoms with van der Waals surface area (Å²) in [5, 5.41) is 3.45. The lowest BCUT2D eigenvalue weighted by Gasteiger charge is -2.25. The number of anilines is 2. The summed E-state index contributed by atoms with van der Waals surface area (Å²) >= 11 is 0. The van der Waals surface area contributed by atoms with Crippen molar-refractivity contribution in [3.05, 3.63) is 60.0 Å². The number of nitrogens with one attached hydrogen (secondary N) is 1. The monoisotopic (exact) mass is 340 g/mol. The van der Waals surface area contributed by atoms with Gasteiger partial charge in [0.15, 0.2) is 0 Å². The first kappa shape index (κ1) is 16.8. The van der Waals surface area contributed by atoms with Crippen LogP contribution in [0.3, 0.4) is 0 Å². The molecule has 1 fully saturated rings. The van der Waals surface area contributed by atoms with E-state index in [1.165, 1.54) is 14.2 Å². The van der Waals surface area contributed by atoms with E-state index in [-0.39, 0.29) is 11.3 Å². The lowest BCUT2D eigenvalue weighted by molar-refractivity contribution is -0.139. The number of rotatable bonds is 5. The Morgan fingerprint density at radius 1 is 1.08 bits per heavy atom. The minimum Gasteiger partial charge on any atom is -0.465 e. The third-order valence-electron chi connectivity index (χ3n) is 3.99. The maximum atomic E-state index is 12.5. The Labute approximate surface area is 146 Å². The van der Waals surface area contributed by atoms with Crippen molar-refractivity contribution in [2.45, 2.75) is 18.9 Å². The first-order valence-electron chi connectivity index (χ1n) is 8.06. The first-order valence-corrected chi connectivity index (χ1v) is 8.06. The Kier molecular flexibility index (Phi) is 4.88. The zero-order chi connectivity index (χ0) is 17.8. The van der Waals surface area contributed by atoms with Crippen LogP contribution in [0.25, 0.3) is 0 Å². The van der Waals surface area contributed by atoms with Gasteiger partial charge in [-0.15, -0.1) is 0 Å². The molecule has 0 amide bonds. The molecule has 0 aromatic heterocycles. The molecule has 0 bridgehead atoms. The molecule has 1 aromatic carbocycles. The van der Waals surface area contributed by atoms with Crippen molar-refractivity contribution in [3.8, 4) is 0 Å². The molecular formula is C19H20N2O4. The summed E-state index contributed by atoms with van der Waals surface area (Å²) in [6.45, 7) is 0. The summed E-state index contributed by atoms with van der Waals surface area (Å²) < 4.78 is 9.75. The second kappa shape index (κ2) is 7.25. The number of esters is 2. The fraction of sp³-hybridized carbons (Fsp3) is 0.263. The Morgan fingerprint density at radius 2 is 1.80 bits per heavy atom. The number of carbonyl (C=O) groups is 2. The molecule has 1 N–H and O–H groups in total. The zero-order valence-corrected chi connectivity index (χ0v) is 14.2. The van der Waals surface area contributed by atoms with Crippen molar-refractivity contribution in [2.24, 2.45) is 0 Å². The molecule has 0 radical (unpaired) electrons. The lowest BCUT2D eigenvalue weighted by atomic mass is 10.1. The Balaban J connectivity index is 2.12. The number of hydrogen-bond acceptors (Lipinski definition) is 6. The fourth-order valence-corrected chi connectivity index (χ4v) is 2.60. The Bertz CT molecular complexity index is 775. The minimum atomic E-state index is -0.613. The van der Waals surface area contributed by atoms with Gasteiger partial charge in [-0.1, -0.05) is 18.2 Å².